The van der Waals surface area contributed by atoms with E-state index in [4.69, 9.17) is 9.47 Å². The number of thioether (sulfide) groups is 1. The summed E-state index contributed by atoms with van der Waals surface area (Å²) in [5.74, 6) is -1.02. The number of amides is 3. The fourth-order valence-corrected chi connectivity index (χ4v) is 10.2. The van der Waals surface area contributed by atoms with Gasteiger partial charge >= 0.3 is 0 Å². The molecule has 4 aliphatic rings. The summed E-state index contributed by atoms with van der Waals surface area (Å²) in [5, 5.41) is 10.2. The Labute approximate surface area is 271 Å². The van der Waals surface area contributed by atoms with E-state index in [-0.39, 0.29) is 42.0 Å². The third-order valence-electron chi connectivity index (χ3n) is 9.93. The highest BCUT2D eigenvalue weighted by Crippen LogP contribution is 2.69. The van der Waals surface area contributed by atoms with E-state index in [1.807, 2.05) is 31.2 Å². The minimum atomic E-state index is -0.789. The molecule has 4 saturated heterocycles. The lowest BCUT2D eigenvalue weighted by Crippen LogP contribution is -2.59. The summed E-state index contributed by atoms with van der Waals surface area (Å²) >= 11 is 1.65. The number of hydrogen-bond donors (Lipinski definition) is 1. The van der Waals surface area contributed by atoms with Crippen molar-refractivity contribution < 1.29 is 29.0 Å². The number of fused-ring (bicyclic) bond motifs is 1. The van der Waals surface area contributed by atoms with Crippen molar-refractivity contribution in [3.63, 3.8) is 0 Å². The quantitative estimate of drug-likeness (QED) is 0.310. The summed E-state index contributed by atoms with van der Waals surface area (Å²) in [7, 11) is 0. The lowest BCUT2D eigenvalue weighted by atomic mass is 9.65. The van der Waals surface area contributed by atoms with Gasteiger partial charge in [-0.15, -0.1) is 24.9 Å². The first-order valence-electron chi connectivity index (χ1n) is 16.2. The van der Waals surface area contributed by atoms with Gasteiger partial charge < -0.3 is 29.3 Å². The van der Waals surface area contributed by atoms with Crippen LogP contribution in [-0.4, -0.2) is 125 Å². The van der Waals surface area contributed by atoms with Crippen molar-refractivity contribution in [3.8, 4) is 5.75 Å². The summed E-state index contributed by atoms with van der Waals surface area (Å²) in [4.78, 5) is 51.2. The molecule has 10 nitrogen and oxygen atoms in total. The second-order valence-corrected chi connectivity index (χ2v) is 14.1. The molecule has 3 unspecified atom stereocenters. The largest absolute Gasteiger partial charge is 0.494 e. The molecule has 4 aliphatic heterocycles. The summed E-state index contributed by atoms with van der Waals surface area (Å²) in [6.07, 6.45) is 4.15. The first-order valence-corrected chi connectivity index (χ1v) is 17.1. The number of nitrogens with zero attached hydrogens (tertiary/aromatic N) is 4. The van der Waals surface area contributed by atoms with Gasteiger partial charge in [0, 0.05) is 50.2 Å². The molecule has 1 spiro atoms. The van der Waals surface area contributed by atoms with E-state index in [0.717, 1.165) is 19.5 Å². The second kappa shape index (κ2) is 14.3. The topological polar surface area (TPSA) is 103 Å². The highest BCUT2D eigenvalue weighted by Gasteiger charge is 2.76. The Morgan fingerprint density at radius 3 is 2.49 bits per heavy atom. The van der Waals surface area contributed by atoms with E-state index in [0.29, 0.717) is 50.9 Å². The summed E-state index contributed by atoms with van der Waals surface area (Å²) < 4.78 is 10.3. The monoisotopic (exact) mass is 640 g/mol. The zero-order valence-corrected chi connectivity index (χ0v) is 27.6. The van der Waals surface area contributed by atoms with Crippen molar-refractivity contribution >= 4 is 35.2 Å². The predicted molar refractivity (Wildman–Crippen MR) is 176 cm³/mol. The highest BCUT2D eigenvalue weighted by atomic mass is 32.2. The number of likely N-dealkylation sites (tertiary alicyclic amines) is 1. The fraction of sp³-hybridized carbons (Fsp3) is 0.618. The smallest absolute Gasteiger partial charge is 0.247 e. The average molecular weight is 641 g/mol. The summed E-state index contributed by atoms with van der Waals surface area (Å²) in [5.41, 5.74) is 0.706. The average Bonchev–Trinajstić information content (AvgIpc) is 3.65. The van der Waals surface area contributed by atoms with Crippen LogP contribution in [0.25, 0.3) is 0 Å². The molecule has 1 N–H and O–H groups in total. The van der Waals surface area contributed by atoms with Crippen LogP contribution in [0.5, 0.6) is 5.75 Å². The maximum absolute atomic E-state index is 14.7. The van der Waals surface area contributed by atoms with Gasteiger partial charge in [-0.3, -0.25) is 19.3 Å². The van der Waals surface area contributed by atoms with Gasteiger partial charge in [0.25, 0.3) is 0 Å². The summed E-state index contributed by atoms with van der Waals surface area (Å²) in [6, 6.07) is 6.03. The number of anilines is 1. The van der Waals surface area contributed by atoms with Gasteiger partial charge in [-0.05, 0) is 50.5 Å². The molecule has 11 heteroatoms. The van der Waals surface area contributed by atoms with Crippen LogP contribution >= 0.6 is 11.8 Å². The Kier molecular flexibility index (Phi) is 10.6. The number of carbonyl (C=O) groups excluding carboxylic acids is 3. The lowest BCUT2D eigenvalue weighted by Gasteiger charge is -2.42. The van der Waals surface area contributed by atoms with E-state index in [2.05, 4.69) is 25.0 Å². The molecule has 0 saturated carbocycles. The van der Waals surface area contributed by atoms with Gasteiger partial charge in [0.05, 0.1) is 49.1 Å². The molecule has 2 bridgehead atoms. The zero-order valence-electron chi connectivity index (χ0n) is 26.8. The Balaban J connectivity index is 1.49. The van der Waals surface area contributed by atoms with Crippen molar-refractivity contribution in [2.24, 2.45) is 17.8 Å². The van der Waals surface area contributed by atoms with Crippen LogP contribution in [0.4, 0.5) is 5.69 Å². The lowest BCUT2D eigenvalue weighted by molar-refractivity contribution is -0.145. The van der Waals surface area contributed by atoms with Crippen LogP contribution in [0.2, 0.25) is 0 Å². The number of benzene rings is 1. The molecule has 0 aliphatic carbocycles. The Bertz CT molecular complexity index is 1260. The van der Waals surface area contributed by atoms with Crippen LogP contribution in [0.1, 0.15) is 27.2 Å². The van der Waals surface area contributed by atoms with E-state index in [1.165, 1.54) is 0 Å². The molecular weight excluding hydrogens is 592 g/mol. The number of morpholine rings is 1. The van der Waals surface area contributed by atoms with Crippen LogP contribution in [0, 0.1) is 17.8 Å². The molecule has 246 valence electrons. The number of aliphatic hydroxyl groups excluding tert-OH is 1. The number of ether oxygens (including phenoxy) is 2. The fourth-order valence-electron chi connectivity index (χ4n) is 7.81. The first kappa shape index (κ1) is 33.5. The maximum atomic E-state index is 14.7. The Morgan fingerprint density at radius 1 is 1.18 bits per heavy atom. The Morgan fingerprint density at radius 2 is 1.87 bits per heavy atom. The number of rotatable bonds is 14. The number of aliphatic hydroxyl groups is 1. The van der Waals surface area contributed by atoms with Crippen LogP contribution in [0.15, 0.2) is 49.6 Å². The number of carbonyl (C=O) groups is 3. The van der Waals surface area contributed by atoms with E-state index in [1.54, 1.807) is 45.5 Å². The van der Waals surface area contributed by atoms with Gasteiger partial charge in [0.2, 0.25) is 17.7 Å². The SMILES string of the molecule is C=CCN(CCN1CCOCC1)C(=O)C1N([C@H](C)CO)C(=O)[C@@H]2[C@@H](C(=O)N(CC=C)c3ccc(OCC)cc3)[C@H]3CC(C)C12S3. The molecule has 1 aromatic carbocycles. The maximum Gasteiger partial charge on any atom is 0.247 e. The van der Waals surface area contributed by atoms with Gasteiger partial charge in [-0.1, -0.05) is 19.1 Å². The molecule has 4 heterocycles. The van der Waals surface area contributed by atoms with E-state index < -0.39 is 28.7 Å². The second-order valence-electron chi connectivity index (χ2n) is 12.5. The third-order valence-corrected chi connectivity index (χ3v) is 12.0. The molecular formula is C34H48N4O6S. The standard InChI is InChI=1S/C34H48N4O6S/c1-6-13-36(16-15-35-17-19-43-20-18-35)33(42)30-34-23(4)21-27(45-34)28(29(34)32(41)38(30)24(5)22-39)31(40)37(14-7-2)25-9-11-26(12-10-25)44-8-3/h6-7,9-12,23-24,27-30,39H,1-2,8,13-22H2,3-5H3/t23?,24-,27-,28+,29+,30?,34?/m1/s1. The molecule has 5 rings (SSSR count). The minimum Gasteiger partial charge on any atom is -0.494 e. The predicted octanol–water partition coefficient (Wildman–Crippen LogP) is 2.67. The highest BCUT2D eigenvalue weighted by molar-refractivity contribution is 8.02. The number of hydrogen-bond acceptors (Lipinski definition) is 8. The van der Waals surface area contributed by atoms with Gasteiger partial charge in [-0.25, -0.2) is 0 Å². The molecule has 4 fully saturated rings. The third kappa shape index (κ3) is 6.04. The van der Waals surface area contributed by atoms with Crippen molar-refractivity contribution in [1.82, 2.24) is 14.7 Å². The van der Waals surface area contributed by atoms with Crippen LogP contribution in [-0.2, 0) is 19.1 Å². The molecule has 3 amide bonds. The molecule has 0 radical (unpaired) electrons. The molecule has 0 aromatic heterocycles. The normalized spacial score (nSPS) is 29.7. The van der Waals surface area contributed by atoms with Crippen molar-refractivity contribution in [3.05, 3.63) is 49.6 Å². The van der Waals surface area contributed by atoms with E-state index >= 15 is 0 Å². The first-order chi connectivity index (χ1) is 21.7. The molecule has 1 aromatic rings. The zero-order chi connectivity index (χ0) is 32.3. The Hall–Kier alpha value is -2.86. The van der Waals surface area contributed by atoms with Gasteiger partial charge in [0.1, 0.15) is 11.8 Å². The molecule has 7 atom stereocenters. The van der Waals surface area contributed by atoms with Crippen LogP contribution < -0.4 is 9.64 Å². The van der Waals surface area contributed by atoms with Crippen LogP contribution in [0.3, 0.4) is 0 Å². The molecule has 45 heavy (non-hydrogen) atoms. The van der Waals surface area contributed by atoms with E-state index in [9.17, 15) is 19.5 Å². The summed E-state index contributed by atoms with van der Waals surface area (Å²) in [6.45, 7) is 18.7. The minimum absolute atomic E-state index is 0.0264. The van der Waals surface area contributed by atoms with Crippen molar-refractivity contribution in [1.29, 1.82) is 0 Å². The van der Waals surface area contributed by atoms with Gasteiger partial charge in [-0.2, -0.15) is 0 Å². The van der Waals surface area contributed by atoms with Crippen molar-refractivity contribution in [2.45, 2.75) is 49.3 Å². The van der Waals surface area contributed by atoms with Crippen molar-refractivity contribution in [2.75, 3.05) is 70.6 Å². The van der Waals surface area contributed by atoms with Gasteiger partial charge in [0.15, 0.2) is 0 Å².